The van der Waals surface area contributed by atoms with Gasteiger partial charge in [0.05, 0.1) is 43.7 Å². The fraction of sp³-hybridized carbons (Fsp3) is 0.686. The fourth-order valence-electron chi connectivity index (χ4n) is 7.03. The number of imidazole rings is 1. The number of allylic oxidation sites excluding steroid dienone is 1. The number of hydrogen-bond donors (Lipinski definition) is 3. The van der Waals surface area contributed by atoms with Gasteiger partial charge in [-0.25, -0.2) is 19.3 Å². The molecule has 3 N–H and O–H groups in total. The van der Waals surface area contributed by atoms with Crippen LogP contribution in [0.15, 0.2) is 29.6 Å². The van der Waals surface area contributed by atoms with E-state index in [1.807, 2.05) is 34.6 Å². The lowest BCUT2D eigenvalue weighted by Crippen LogP contribution is -2.35. The van der Waals surface area contributed by atoms with Crippen LogP contribution < -0.4 is 16.4 Å². The minimum absolute atomic E-state index is 0.0244. The third kappa shape index (κ3) is 10.8. The molecule has 0 aromatic carbocycles. The molecular weight excluding hydrogens is 869 g/mol. The van der Waals surface area contributed by atoms with Crippen LogP contribution >= 0.6 is 35.7 Å². The predicted octanol–water partition coefficient (Wildman–Crippen LogP) is 7.07. The molecule has 1 saturated heterocycles. The third-order valence-corrected chi connectivity index (χ3v) is 13.5. The number of aromatic amines is 1. The van der Waals surface area contributed by atoms with Crippen LogP contribution in [0.4, 0.5) is 4.39 Å². The molecule has 1 fully saturated rings. The maximum atomic E-state index is 16.3. The van der Waals surface area contributed by atoms with Gasteiger partial charge in [-0.3, -0.25) is 20.1 Å². The minimum Gasteiger partial charge on any atom is -0.372 e. The summed E-state index contributed by atoms with van der Waals surface area (Å²) < 4.78 is 50.0. The van der Waals surface area contributed by atoms with E-state index < -0.39 is 57.0 Å². The molecule has 4 heterocycles. The summed E-state index contributed by atoms with van der Waals surface area (Å²) in [5, 5.41) is 12.0. The van der Waals surface area contributed by atoms with Crippen molar-refractivity contribution in [2.24, 2.45) is 18.9 Å². The molecule has 0 amide bonds. The van der Waals surface area contributed by atoms with Crippen LogP contribution in [0.25, 0.3) is 11.2 Å². The monoisotopic (exact) mass is 924 g/mol. The molecule has 14 nitrogen and oxygen atoms in total. The van der Waals surface area contributed by atoms with Gasteiger partial charge in [-0.05, 0) is 67.0 Å². The molecule has 302 valence electrons. The summed E-state index contributed by atoms with van der Waals surface area (Å²) in [7, 11) is 8.39. The van der Waals surface area contributed by atoms with Crippen molar-refractivity contribution >= 4 is 58.6 Å². The number of H-pyrrole nitrogens is 1. The molecule has 1 aliphatic rings. The van der Waals surface area contributed by atoms with E-state index in [1.165, 1.54) is 13.4 Å². The molecule has 1 unspecified atom stereocenters. The van der Waals surface area contributed by atoms with Crippen LogP contribution in [0.2, 0.25) is 0 Å². The van der Waals surface area contributed by atoms with Gasteiger partial charge in [-0.1, -0.05) is 33.3 Å². The Balaban J connectivity index is 1.54. The number of rotatable bonds is 21. The van der Waals surface area contributed by atoms with Crippen molar-refractivity contribution in [2.75, 3.05) is 26.9 Å². The minimum atomic E-state index is -3.41. The highest BCUT2D eigenvalue weighted by atomic mass is 127. The maximum Gasteiger partial charge on any atom is 0.327 e. The smallest absolute Gasteiger partial charge is 0.327 e. The number of hydrogen-bond acceptors (Lipinski definition) is 13. The van der Waals surface area contributed by atoms with Crippen molar-refractivity contribution in [1.82, 2.24) is 34.4 Å². The average molecular weight is 925 g/mol. The van der Waals surface area contributed by atoms with E-state index in [-0.39, 0.29) is 47.9 Å². The standard InChI is InChI=1S/C35H55FIN8O6PS2/c1-11-48-30-27(36)25(42-34(30)45-18-41-29-31(38)44(9)32(20(4)5)43-33(29)45)16-50-52(54,47-10)51-26(22(7)15-49-37-53)14-21(6)13-24(12-19(2)3)28-23(8)35(46)40-17-39-28/h17-18,20-22,24-27,30,34,38,42H,2,11-16H2,1,3-10H3,(H,39,40,46)/t21-,22+,24+,25+,26-,27+,30+,34-,52?/m0/s1. The van der Waals surface area contributed by atoms with E-state index in [0.29, 0.717) is 48.4 Å². The van der Waals surface area contributed by atoms with Crippen molar-refractivity contribution in [1.29, 1.82) is 5.41 Å². The summed E-state index contributed by atoms with van der Waals surface area (Å²) >= 11 is 5.08. The van der Waals surface area contributed by atoms with Gasteiger partial charge in [0.2, 0.25) is 0 Å². The summed E-state index contributed by atoms with van der Waals surface area (Å²) in [5.74, 6) is 0.723. The third-order valence-electron chi connectivity index (χ3n) is 9.79. The first-order valence-corrected chi connectivity index (χ1v) is 24.5. The zero-order chi connectivity index (χ0) is 39.9. The molecule has 19 heteroatoms. The van der Waals surface area contributed by atoms with Crippen LogP contribution in [0, 0.1) is 24.2 Å². The first-order valence-electron chi connectivity index (χ1n) is 18.1. The van der Waals surface area contributed by atoms with E-state index in [2.05, 4.69) is 33.8 Å². The summed E-state index contributed by atoms with van der Waals surface area (Å²) in [5.41, 5.74) is 3.28. The lowest BCUT2D eigenvalue weighted by atomic mass is 9.83. The molecule has 9 atom stereocenters. The van der Waals surface area contributed by atoms with Gasteiger partial charge in [0.15, 0.2) is 11.1 Å². The number of nitrogens with one attached hydrogen (secondary N) is 3. The number of fused-ring (bicyclic) bond motifs is 1. The summed E-state index contributed by atoms with van der Waals surface area (Å²) in [6, 6.07) is -0.833. The van der Waals surface area contributed by atoms with E-state index in [9.17, 15) is 4.79 Å². The molecule has 1 aliphatic heterocycles. The molecule has 0 saturated carbocycles. The highest BCUT2D eigenvalue weighted by molar-refractivity contribution is 14.2. The lowest BCUT2D eigenvalue weighted by molar-refractivity contribution is -0.00659. The maximum absolute atomic E-state index is 16.3. The number of nitrogens with zero attached hydrogens (tertiary/aromatic N) is 5. The van der Waals surface area contributed by atoms with Gasteiger partial charge in [0.25, 0.3) is 5.56 Å². The van der Waals surface area contributed by atoms with Crippen molar-refractivity contribution in [3.05, 3.63) is 57.7 Å². The normalized spacial score (nSPS) is 22.4. The van der Waals surface area contributed by atoms with Crippen molar-refractivity contribution in [3.8, 4) is 0 Å². The first-order chi connectivity index (χ1) is 25.5. The summed E-state index contributed by atoms with van der Waals surface area (Å²) in [6.07, 6.45) is 1.49. The Morgan fingerprint density at radius 2 is 1.96 bits per heavy atom. The quantitative estimate of drug-likeness (QED) is 0.0567. The second-order valence-corrected chi connectivity index (χ2v) is 19.4. The van der Waals surface area contributed by atoms with E-state index in [4.69, 9.17) is 52.9 Å². The topological polar surface area (TPSA) is 163 Å². The number of halogens is 2. The molecule has 54 heavy (non-hydrogen) atoms. The second-order valence-electron chi connectivity index (χ2n) is 14.5. The average Bonchev–Trinajstić information content (AvgIpc) is 3.68. The lowest BCUT2D eigenvalue weighted by Gasteiger charge is -2.32. The first kappa shape index (κ1) is 45.0. The Morgan fingerprint density at radius 3 is 2.59 bits per heavy atom. The number of aromatic nitrogens is 6. The highest BCUT2D eigenvalue weighted by Crippen LogP contribution is 2.52. The number of ether oxygens (including phenoxy) is 1. The van der Waals surface area contributed by atoms with E-state index in [0.717, 1.165) is 11.3 Å². The Hall–Kier alpha value is -1.74. The number of alkyl halides is 1. The van der Waals surface area contributed by atoms with Gasteiger partial charge in [0.1, 0.15) is 49.5 Å². The van der Waals surface area contributed by atoms with Crippen LogP contribution in [0.5, 0.6) is 0 Å². The van der Waals surface area contributed by atoms with Gasteiger partial charge in [-0.15, -0.1) is 6.58 Å². The van der Waals surface area contributed by atoms with Crippen LogP contribution in [-0.2, 0) is 40.2 Å². The Labute approximate surface area is 336 Å². The summed E-state index contributed by atoms with van der Waals surface area (Å²) in [6.45, 7) is 15.0. The van der Waals surface area contributed by atoms with Crippen molar-refractivity contribution < 1.29 is 25.8 Å². The summed E-state index contributed by atoms with van der Waals surface area (Å²) in [4.78, 5) is 29.0. The Morgan fingerprint density at radius 1 is 1.24 bits per heavy atom. The molecule has 0 radical (unpaired) electrons. The largest absolute Gasteiger partial charge is 0.372 e. The Kier molecular flexibility index (Phi) is 16.7. The molecule has 0 spiro atoms. The van der Waals surface area contributed by atoms with Crippen molar-refractivity contribution in [2.45, 2.75) is 110 Å². The SMILES string of the molecule is C=C(C)C[C@H](C[C@H](C)C[C@H](OP(=S)(OC)OC[C@H]1N[C@@H](n2cnc3c(=N)n(C)c(C(C)C)nc32)[C@H](OCC)[C@@H]1F)[C@H](C)COI=S)c1nc[nH]c(=O)c1C. The van der Waals surface area contributed by atoms with Crippen LogP contribution in [0.3, 0.4) is 0 Å². The molecule has 3 aromatic heterocycles. The Bertz CT molecular complexity index is 1930. The zero-order valence-electron chi connectivity index (χ0n) is 32.5. The van der Waals surface area contributed by atoms with Crippen molar-refractivity contribution in [3.63, 3.8) is 0 Å². The van der Waals surface area contributed by atoms with Gasteiger partial charge in [0, 0.05) is 44.1 Å². The predicted molar refractivity (Wildman–Crippen MR) is 222 cm³/mol. The molecule has 0 bridgehead atoms. The van der Waals surface area contributed by atoms with Gasteiger partial charge >= 0.3 is 6.72 Å². The van der Waals surface area contributed by atoms with Crippen LogP contribution in [-0.4, -0.2) is 80.4 Å². The molecule has 3 aromatic rings. The fourth-order valence-corrected chi connectivity index (χ4v) is 9.83. The molecular formula is C35H55FIN8O6PS2. The highest BCUT2D eigenvalue weighted by Gasteiger charge is 2.47. The molecule has 0 aliphatic carbocycles. The second kappa shape index (κ2) is 20.1. The van der Waals surface area contributed by atoms with E-state index >= 15 is 4.39 Å². The van der Waals surface area contributed by atoms with E-state index in [1.54, 1.807) is 29.4 Å². The molecule has 4 rings (SSSR count). The van der Waals surface area contributed by atoms with Gasteiger partial charge in [-0.2, -0.15) is 0 Å². The van der Waals surface area contributed by atoms with Crippen LogP contribution in [0.1, 0.15) is 95.9 Å². The zero-order valence-corrected chi connectivity index (χ0v) is 37.2. The van der Waals surface area contributed by atoms with Gasteiger partial charge < -0.3 is 30.9 Å².